The van der Waals surface area contributed by atoms with Gasteiger partial charge in [0.25, 0.3) is 21.8 Å². The van der Waals surface area contributed by atoms with E-state index in [0.29, 0.717) is 17.0 Å². The number of benzene rings is 2. The number of nitrogens with one attached hydrogen (secondary N) is 2. The molecule has 0 bridgehead atoms. The number of furan rings is 1. The fraction of sp³-hybridized carbons (Fsp3) is 0.0455. The van der Waals surface area contributed by atoms with Gasteiger partial charge in [-0.25, -0.2) is 18.1 Å². The van der Waals surface area contributed by atoms with E-state index in [1.165, 1.54) is 30.3 Å². The lowest BCUT2D eigenvalue weighted by Gasteiger charge is -2.14. The SMILES string of the molecule is CC(=O)NS(=O)(=O)c1ccc(-c2ccc(/C=C3/C(=O)NN(c4cccc(Br)c4)C3=O)o2)cc1. The first kappa shape index (κ1) is 22.5. The summed E-state index contributed by atoms with van der Waals surface area (Å²) < 4.78 is 32.5. The van der Waals surface area contributed by atoms with E-state index >= 15 is 0 Å². The molecule has 1 aliphatic heterocycles. The average molecular weight is 530 g/mol. The Morgan fingerprint density at radius 2 is 1.82 bits per heavy atom. The highest BCUT2D eigenvalue weighted by Gasteiger charge is 2.34. The molecular formula is C22H16BrN3O6S. The van der Waals surface area contributed by atoms with Crippen molar-refractivity contribution in [2.75, 3.05) is 5.01 Å². The van der Waals surface area contributed by atoms with Crippen molar-refractivity contribution in [2.24, 2.45) is 0 Å². The van der Waals surface area contributed by atoms with Crippen molar-refractivity contribution < 1.29 is 27.2 Å². The molecule has 0 spiro atoms. The highest BCUT2D eigenvalue weighted by molar-refractivity contribution is 9.10. The topological polar surface area (TPSA) is 126 Å². The molecular weight excluding hydrogens is 514 g/mol. The molecule has 168 valence electrons. The normalized spacial score (nSPS) is 15.1. The van der Waals surface area contributed by atoms with Crippen molar-refractivity contribution in [3.8, 4) is 11.3 Å². The number of sulfonamides is 1. The van der Waals surface area contributed by atoms with Crippen LogP contribution in [0.25, 0.3) is 17.4 Å². The standard InChI is InChI=1S/C22H16BrN3O6S/c1-13(27)25-33(30,31)18-8-5-14(6-9-18)20-10-7-17(32-20)12-19-21(28)24-26(22(19)29)16-4-2-3-15(23)11-16/h2-12H,1H3,(H,24,28)(H,25,27)/b19-12-. The third-order valence-electron chi connectivity index (χ3n) is 4.60. The number of rotatable bonds is 5. The third kappa shape index (κ3) is 4.73. The quantitative estimate of drug-likeness (QED) is 0.386. The number of hydrazine groups is 1. The van der Waals surface area contributed by atoms with Crippen molar-refractivity contribution >= 4 is 55.4 Å². The summed E-state index contributed by atoms with van der Waals surface area (Å²) >= 11 is 3.33. The first-order valence-corrected chi connectivity index (χ1v) is 11.8. The number of carbonyl (C=O) groups excluding carboxylic acids is 3. The summed E-state index contributed by atoms with van der Waals surface area (Å²) in [4.78, 5) is 36.1. The number of halogens is 1. The Labute approximate surface area is 197 Å². The van der Waals surface area contributed by atoms with Crippen LogP contribution in [0.15, 0.2) is 80.0 Å². The van der Waals surface area contributed by atoms with Crippen molar-refractivity contribution in [3.63, 3.8) is 0 Å². The molecule has 0 saturated carbocycles. The fourth-order valence-electron chi connectivity index (χ4n) is 3.13. The maximum Gasteiger partial charge on any atom is 0.282 e. The van der Waals surface area contributed by atoms with Gasteiger partial charge >= 0.3 is 0 Å². The van der Waals surface area contributed by atoms with E-state index in [0.717, 1.165) is 16.4 Å². The Kier molecular flexibility index (Phi) is 5.91. The van der Waals surface area contributed by atoms with Gasteiger partial charge in [-0.05, 0) is 60.7 Å². The van der Waals surface area contributed by atoms with E-state index < -0.39 is 27.7 Å². The zero-order chi connectivity index (χ0) is 23.8. The molecule has 0 radical (unpaired) electrons. The van der Waals surface area contributed by atoms with Crippen molar-refractivity contribution in [1.29, 1.82) is 0 Å². The van der Waals surface area contributed by atoms with E-state index in [9.17, 15) is 22.8 Å². The van der Waals surface area contributed by atoms with Gasteiger partial charge < -0.3 is 4.42 Å². The first-order valence-electron chi connectivity index (χ1n) is 9.50. The maximum absolute atomic E-state index is 12.7. The van der Waals surface area contributed by atoms with Crippen LogP contribution in [0.1, 0.15) is 12.7 Å². The lowest BCUT2D eigenvalue weighted by molar-refractivity contribution is -0.118. The smallest absolute Gasteiger partial charge is 0.282 e. The first-order chi connectivity index (χ1) is 15.6. The van der Waals surface area contributed by atoms with Gasteiger partial charge in [0.05, 0.1) is 10.6 Å². The van der Waals surface area contributed by atoms with Crippen LogP contribution in [0, 0.1) is 0 Å². The zero-order valence-electron chi connectivity index (χ0n) is 17.0. The average Bonchev–Trinajstić information content (AvgIpc) is 3.33. The molecule has 1 aliphatic rings. The summed E-state index contributed by atoms with van der Waals surface area (Å²) in [6.07, 6.45) is 1.34. The highest BCUT2D eigenvalue weighted by Crippen LogP contribution is 2.27. The molecule has 3 aromatic rings. The van der Waals surface area contributed by atoms with Gasteiger partial charge in [-0.2, -0.15) is 0 Å². The fourth-order valence-corrected chi connectivity index (χ4v) is 4.51. The molecule has 9 nitrogen and oxygen atoms in total. The molecule has 2 N–H and O–H groups in total. The second-order valence-electron chi connectivity index (χ2n) is 7.01. The Hall–Kier alpha value is -3.70. The molecule has 2 heterocycles. The number of anilines is 1. The Bertz CT molecular complexity index is 1410. The molecule has 0 atom stereocenters. The molecule has 1 fully saturated rings. The number of hydrogen-bond donors (Lipinski definition) is 2. The largest absolute Gasteiger partial charge is 0.457 e. The van der Waals surface area contributed by atoms with Crippen LogP contribution in [-0.2, 0) is 24.4 Å². The van der Waals surface area contributed by atoms with Gasteiger partial charge in [-0.3, -0.25) is 19.8 Å². The lowest BCUT2D eigenvalue weighted by Crippen LogP contribution is -2.35. The number of amides is 3. The van der Waals surface area contributed by atoms with Gasteiger partial charge in [0.2, 0.25) is 5.91 Å². The summed E-state index contributed by atoms with van der Waals surface area (Å²) in [5.74, 6) is -1.10. The monoisotopic (exact) mass is 529 g/mol. The molecule has 0 aliphatic carbocycles. The van der Waals surface area contributed by atoms with Gasteiger partial charge in [0.1, 0.15) is 17.1 Å². The number of carbonyl (C=O) groups is 3. The van der Waals surface area contributed by atoms with Gasteiger partial charge in [0.15, 0.2) is 0 Å². The Balaban J connectivity index is 1.56. The molecule has 11 heteroatoms. The van der Waals surface area contributed by atoms with Crippen LogP contribution < -0.4 is 15.2 Å². The van der Waals surface area contributed by atoms with Crippen molar-refractivity contribution in [3.05, 3.63) is 76.5 Å². The highest BCUT2D eigenvalue weighted by atomic mass is 79.9. The van der Waals surface area contributed by atoms with Crippen LogP contribution in [0.5, 0.6) is 0 Å². The van der Waals surface area contributed by atoms with Crippen LogP contribution >= 0.6 is 15.9 Å². The minimum atomic E-state index is -3.94. The van der Waals surface area contributed by atoms with E-state index in [1.807, 2.05) is 4.72 Å². The predicted molar refractivity (Wildman–Crippen MR) is 123 cm³/mol. The molecule has 2 aromatic carbocycles. The van der Waals surface area contributed by atoms with Crippen LogP contribution in [0.3, 0.4) is 0 Å². The maximum atomic E-state index is 12.7. The third-order valence-corrected chi connectivity index (χ3v) is 6.54. The van der Waals surface area contributed by atoms with E-state index in [4.69, 9.17) is 4.42 Å². The van der Waals surface area contributed by atoms with Gasteiger partial charge in [-0.1, -0.05) is 22.0 Å². The van der Waals surface area contributed by atoms with Crippen molar-refractivity contribution in [1.82, 2.24) is 10.1 Å². The minimum Gasteiger partial charge on any atom is -0.457 e. The summed E-state index contributed by atoms with van der Waals surface area (Å²) in [7, 11) is -3.94. The summed E-state index contributed by atoms with van der Waals surface area (Å²) in [5, 5.41) is 1.15. The van der Waals surface area contributed by atoms with E-state index in [1.54, 1.807) is 36.4 Å². The zero-order valence-corrected chi connectivity index (χ0v) is 19.4. The second kappa shape index (κ2) is 8.68. The summed E-state index contributed by atoms with van der Waals surface area (Å²) in [6, 6.07) is 15.9. The number of hydrogen-bond acceptors (Lipinski definition) is 6. The minimum absolute atomic E-state index is 0.0730. The molecule has 1 aromatic heterocycles. The van der Waals surface area contributed by atoms with Crippen LogP contribution in [-0.4, -0.2) is 26.1 Å². The van der Waals surface area contributed by atoms with Crippen LogP contribution in [0.2, 0.25) is 0 Å². The van der Waals surface area contributed by atoms with E-state index in [2.05, 4.69) is 21.4 Å². The molecule has 33 heavy (non-hydrogen) atoms. The molecule has 1 saturated heterocycles. The van der Waals surface area contributed by atoms with E-state index in [-0.39, 0.29) is 16.2 Å². The molecule has 0 unspecified atom stereocenters. The van der Waals surface area contributed by atoms with Gasteiger partial charge in [0, 0.05) is 17.0 Å². The Morgan fingerprint density at radius 3 is 2.48 bits per heavy atom. The predicted octanol–water partition coefficient (Wildman–Crippen LogP) is 3.00. The lowest BCUT2D eigenvalue weighted by atomic mass is 10.2. The Morgan fingerprint density at radius 1 is 1.09 bits per heavy atom. The molecule has 3 amide bonds. The summed E-state index contributed by atoms with van der Waals surface area (Å²) in [6.45, 7) is 1.11. The van der Waals surface area contributed by atoms with Crippen molar-refractivity contribution in [2.45, 2.75) is 11.8 Å². The summed E-state index contributed by atoms with van der Waals surface area (Å²) in [5.41, 5.74) is 3.50. The van der Waals surface area contributed by atoms with Crippen LogP contribution in [0.4, 0.5) is 5.69 Å². The second-order valence-corrected chi connectivity index (χ2v) is 9.61. The number of nitrogens with zero attached hydrogens (tertiary/aromatic N) is 1. The van der Waals surface area contributed by atoms with Gasteiger partial charge in [-0.15, -0.1) is 0 Å². The molecule has 4 rings (SSSR count).